The van der Waals surface area contributed by atoms with Crippen LogP contribution in [0.25, 0.3) is 10.2 Å². The smallest absolute Gasteiger partial charge is 0.262 e. The van der Waals surface area contributed by atoms with Crippen molar-refractivity contribution in [3.05, 3.63) is 63.0 Å². The van der Waals surface area contributed by atoms with Gasteiger partial charge in [0.1, 0.15) is 11.4 Å². The lowest BCUT2D eigenvalue weighted by molar-refractivity contribution is -0.134. The molecular weight excluding hydrogens is 448 g/mol. The van der Waals surface area contributed by atoms with E-state index >= 15 is 0 Å². The van der Waals surface area contributed by atoms with Crippen LogP contribution in [0.15, 0.2) is 41.5 Å². The minimum atomic E-state index is -0.348. The maximum Gasteiger partial charge on any atom is 0.262 e. The van der Waals surface area contributed by atoms with E-state index in [1.165, 1.54) is 21.3 Å². The SMILES string of the molecule is O=C(Cn1cnc2sc3c(c2c1=O)CCCC3)NCC(=O)N1CCC(Cc2ccccc2)CC1. The van der Waals surface area contributed by atoms with Crippen LogP contribution in [-0.2, 0) is 35.4 Å². The summed E-state index contributed by atoms with van der Waals surface area (Å²) in [5.74, 6) is 0.164. The van der Waals surface area contributed by atoms with Crippen LogP contribution in [0.3, 0.4) is 0 Å². The largest absolute Gasteiger partial charge is 0.345 e. The Morgan fingerprint density at radius 3 is 2.65 bits per heavy atom. The Morgan fingerprint density at radius 1 is 1.09 bits per heavy atom. The Hall–Kier alpha value is -3.00. The molecule has 8 heteroatoms. The molecule has 1 fully saturated rings. The van der Waals surface area contributed by atoms with E-state index in [2.05, 4.69) is 34.6 Å². The number of likely N-dealkylation sites (tertiary alicyclic amines) is 1. The van der Waals surface area contributed by atoms with Crippen molar-refractivity contribution in [2.24, 2.45) is 5.92 Å². The minimum Gasteiger partial charge on any atom is -0.345 e. The molecular formula is C26H30N4O3S. The Balaban J connectivity index is 1.12. The number of aryl methyl sites for hydroxylation is 2. The zero-order valence-corrected chi connectivity index (χ0v) is 20.1. The molecule has 0 unspecified atom stereocenters. The number of fused-ring (bicyclic) bond motifs is 3. The van der Waals surface area contributed by atoms with Crippen molar-refractivity contribution in [1.82, 2.24) is 19.8 Å². The van der Waals surface area contributed by atoms with Crippen LogP contribution in [0.1, 0.15) is 41.7 Å². The first-order valence-corrected chi connectivity index (χ1v) is 13.0. The maximum absolute atomic E-state index is 13.0. The predicted octanol–water partition coefficient (Wildman–Crippen LogP) is 2.93. The molecule has 2 aromatic heterocycles. The Morgan fingerprint density at radius 2 is 1.85 bits per heavy atom. The number of benzene rings is 1. The third-order valence-corrected chi connectivity index (χ3v) is 8.23. The number of aromatic nitrogens is 2. The summed E-state index contributed by atoms with van der Waals surface area (Å²) in [5, 5.41) is 3.37. The molecule has 178 valence electrons. The molecule has 5 rings (SSSR count). The van der Waals surface area contributed by atoms with E-state index in [0.717, 1.165) is 68.4 Å². The second-order valence-corrected chi connectivity index (χ2v) is 10.4. The molecule has 0 spiro atoms. The van der Waals surface area contributed by atoms with E-state index in [1.54, 1.807) is 11.3 Å². The van der Waals surface area contributed by atoms with Gasteiger partial charge in [0.15, 0.2) is 0 Å². The van der Waals surface area contributed by atoms with Gasteiger partial charge in [0.05, 0.1) is 18.3 Å². The van der Waals surface area contributed by atoms with Gasteiger partial charge in [-0.1, -0.05) is 30.3 Å². The van der Waals surface area contributed by atoms with Gasteiger partial charge in [-0.15, -0.1) is 11.3 Å². The van der Waals surface area contributed by atoms with Crippen LogP contribution >= 0.6 is 11.3 Å². The number of carbonyl (C=O) groups excluding carboxylic acids is 2. The number of amides is 2. The van der Waals surface area contributed by atoms with Crippen molar-refractivity contribution >= 4 is 33.4 Å². The van der Waals surface area contributed by atoms with E-state index in [9.17, 15) is 14.4 Å². The molecule has 1 aliphatic carbocycles. The van der Waals surface area contributed by atoms with E-state index < -0.39 is 0 Å². The first-order chi connectivity index (χ1) is 16.6. The molecule has 1 saturated heterocycles. The van der Waals surface area contributed by atoms with Crippen molar-refractivity contribution in [2.45, 2.75) is 51.5 Å². The molecule has 3 aromatic rings. The molecule has 34 heavy (non-hydrogen) atoms. The number of hydrogen-bond acceptors (Lipinski definition) is 5. The molecule has 0 bridgehead atoms. The molecule has 7 nitrogen and oxygen atoms in total. The molecule has 3 heterocycles. The fraction of sp³-hybridized carbons (Fsp3) is 0.462. The normalized spacial score (nSPS) is 16.4. The van der Waals surface area contributed by atoms with Crippen molar-refractivity contribution in [1.29, 1.82) is 0 Å². The highest BCUT2D eigenvalue weighted by Gasteiger charge is 2.24. The Labute approximate surface area is 202 Å². The Kier molecular flexibility index (Phi) is 6.76. The van der Waals surface area contributed by atoms with Crippen molar-refractivity contribution in [2.75, 3.05) is 19.6 Å². The van der Waals surface area contributed by atoms with Gasteiger partial charge in [0.2, 0.25) is 11.8 Å². The average Bonchev–Trinajstić information content (AvgIpc) is 3.25. The van der Waals surface area contributed by atoms with Crippen LogP contribution in [0, 0.1) is 5.92 Å². The molecule has 1 aromatic carbocycles. The van der Waals surface area contributed by atoms with Crippen molar-refractivity contribution in [3.63, 3.8) is 0 Å². The number of rotatable bonds is 6. The number of nitrogens with zero attached hydrogens (tertiary/aromatic N) is 3. The monoisotopic (exact) mass is 478 g/mol. The van der Waals surface area contributed by atoms with Crippen LogP contribution in [0.5, 0.6) is 0 Å². The molecule has 2 amide bonds. The summed E-state index contributed by atoms with van der Waals surface area (Å²) in [5.41, 5.74) is 2.29. The summed E-state index contributed by atoms with van der Waals surface area (Å²) in [7, 11) is 0. The molecule has 0 atom stereocenters. The van der Waals surface area contributed by atoms with Crippen molar-refractivity contribution < 1.29 is 9.59 Å². The number of nitrogens with one attached hydrogen (secondary N) is 1. The van der Waals surface area contributed by atoms with Gasteiger partial charge in [0.25, 0.3) is 5.56 Å². The van der Waals surface area contributed by atoms with Crippen molar-refractivity contribution in [3.8, 4) is 0 Å². The van der Waals surface area contributed by atoms with Gasteiger partial charge in [-0.05, 0) is 62.0 Å². The standard InChI is InChI=1S/C26H30N4O3S/c31-22(16-30-17-28-25-24(26(30)33)20-8-4-5-9-21(20)34-25)27-15-23(32)29-12-10-19(11-13-29)14-18-6-2-1-3-7-18/h1-3,6-7,17,19H,4-5,8-16H2,(H,27,31). The summed E-state index contributed by atoms with van der Waals surface area (Å²) >= 11 is 1.60. The van der Waals surface area contributed by atoms with Crippen LogP contribution in [-0.4, -0.2) is 45.9 Å². The predicted molar refractivity (Wildman–Crippen MR) is 133 cm³/mol. The number of piperidine rings is 1. The fourth-order valence-corrected chi connectivity index (χ4v) is 6.34. The van der Waals surface area contributed by atoms with E-state index in [0.29, 0.717) is 11.3 Å². The lowest BCUT2D eigenvalue weighted by atomic mass is 9.90. The summed E-state index contributed by atoms with van der Waals surface area (Å²) in [6, 6.07) is 10.5. The fourth-order valence-electron chi connectivity index (χ4n) is 5.12. The zero-order chi connectivity index (χ0) is 23.5. The topological polar surface area (TPSA) is 84.3 Å². The van der Waals surface area contributed by atoms with E-state index in [4.69, 9.17) is 0 Å². The lowest BCUT2D eigenvalue weighted by Gasteiger charge is -2.32. The van der Waals surface area contributed by atoms with Gasteiger partial charge in [0, 0.05) is 18.0 Å². The first-order valence-electron chi connectivity index (χ1n) is 12.2. The number of thiophene rings is 1. The summed E-state index contributed by atoms with van der Waals surface area (Å²) in [4.78, 5) is 46.4. The molecule has 1 aliphatic heterocycles. The highest BCUT2D eigenvalue weighted by molar-refractivity contribution is 7.18. The third-order valence-electron chi connectivity index (χ3n) is 7.03. The average molecular weight is 479 g/mol. The molecule has 0 saturated carbocycles. The molecule has 2 aliphatic rings. The maximum atomic E-state index is 13.0. The van der Waals surface area contributed by atoms with E-state index in [-0.39, 0.29) is 30.5 Å². The highest BCUT2D eigenvalue weighted by atomic mass is 32.1. The summed E-state index contributed by atoms with van der Waals surface area (Å²) in [6.07, 6.45) is 8.57. The first kappa shape index (κ1) is 22.8. The van der Waals surface area contributed by atoms with Gasteiger partial charge in [-0.3, -0.25) is 19.0 Å². The minimum absolute atomic E-state index is 0.0412. The second-order valence-electron chi connectivity index (χ2n) is 9.36. The van der Waals surface area contributed by atoms with Crippen LogP contribution in [0.4, 0.5) is 0 Å². The summed E-state index contributed by atoms with van der Waals surface area (Å²) < 4.78 is 1.36. The zero-order valence-electron chi connectivity index (χ0n) is 19.3. The van der Waals surface area contributed by atoms with Gasteiger partial charge < -0.3 is 10.2 Å². The Bertz CT molecular complexity index is 1240. The lowest BCUT2D eigenvalue weighted by Crippen LogP contribution is -2.45. The van der Waals surface area contributed by atoms with Crippen LogP contribution < -0.4 is 10.9 Å². The summed E-state index contributed by atoms with van der Waals surface area (Å²) in [6.45, 7) is 1.27. The molecule has 0 radical (unpaired) electrons. The third kappa shape index (κ3) is 4.92. The number of hydrogen-bond donors (Lipinski definition) is 1. The highest BCUT2D eigenvalue weighted by Crippen LogP contribution is 2.33. The van der Waals surface area contributed by atoms with Gasteiger partial charge >= 0.3 is 0 Å². The molecule has 1 N–H and O–H groups in total. The van der Waals surface area contributed by atoms with Gasteiger partial charge in [-0.25, -0.2) is 4.98 Å². The van der Waals surface area contributed by atoms with E-state index in [1.807, 2.05) is 11.0 Å². The quantitative estimate of drug-likeness (QED) is 0.590. The second kappa shape index (κ2) is 10.1. The van der Waals surface area contributed by atoms with Crippen LogP contribution in [0.2, 0.25) is 0 Å². The van der Waals surface area contributed by atoms with Gasteiger partial charge in [-0.2, -0.15) is 0 Å². The number of carbonyl (C=O) groups is 2.